The molecule has 2 N–H and O–H groups in total. The SMILES string of the molecule is CN1CCN(c2c(F)c(F)nc(Oc3cccc(-c4cccc(CN)c4)c3)c2F)CC1. The first-order chi connectivity index (χ1) is 15.0. The van der Waals surface area contributed by atoms with Crippen molar-refractivity contribution in [3.05, 3.63) is 71.7 Å². The minimum Gasteiger partial charge on any atom is -0.436 e. The first-order valence-electron chi connectivity index (χ1n) is 10.0. The normalized spacial score (nSPS) is 14.7. The largest absolute Gasteiger partial charge is 0.436 e. The summed E-state index contributed by atoms with van der Waals surface area (Å²) in [6.07, 6.45) is 0. The highest BCUT2D eigenvalue weighted by Gasteiger charge is 2.28. The maximum atomic E-state index is 15.1. The van der Waals surface area contributed by atoms with Crippen molar-refractivity contribution in [3.63, 3.8) is 0 Å². The second kappa shape index (κ2) is 8.95. The number of halogens is 3. The van der Waals surface area contributed by atoms with Crippen LogP contribution in [0, 0.1) is 17.6 Å². The lowest BCUT2D eigenvalue weighted by molar-refractivity contribution is 0.307. The van der Waals surface area contributed by atoms with Crippen molar-refractivity contribution in [1.82, 2.24) is 9.88 Å². The smallest absolute Gasteiger partial charge is 0.261 e. The average molecular weight is 428 g/mol. The Bertz CT molecular complexity index is 1080. The predicted molar refractivity (Wildman–Crippen MR) is 114 cm³/mol. The predicted octanol–water partition coefficient (Wildman–Crippen LogP) is 4.17. The van der Waals surface area contributed by atoms with E-state index < -0.39 is 29.1 Å². The minimum absolute atomic E-state index is 0.261. The summed E-state index contributed by atoms with van der Waals surface area (Å²) in [5, 5.41) is 0. The number of hydrogen-bond donors (Lipinski definition) is 1. The second-order valence-electron chi connectivity index (χ2n) is 7.51. The lowest BCUT2D eigenvalue weighted by atomic mass is 10.0. The number of hydrogen-bond acceptors (Lipinski definition) is 5. The summed E-state index contributed by atoms with van der Waals surface area (Å²) in [7, 11) is 1.92. The van der Waals surface area contributed by atoms with Crippen molar-refractivity contribution in [2.24, 2.45) is 5.73 Å². The first-order valence-corrected chi connectivity index (χ1v) is 10.0. The number of nitrogens with two attached hydrogens (primary N) is 1. The Labute approximate surface area is 178 Å². The fraction of sp³-hybridized carbons (Fsp3) is 0.261. The van der Waals surface area contributed by atoms with Gasteiger partial charge in [0.1, 0.15) is 11.4 Å². The summed E-state index contributed by atoms with van der Waals surface area (Å²) in [5.74, 6) is -4.05. The molecule has 1 aromatic heterocycles. The van der Waals surface area contributed by atoms with Gasteiger partial charge in [-0.05, 0) is 41.9 Å². The highest BCUT2D eigenvalue weighted by atomic mass is 19.2. The number of anilines is 1. The fourth-order valence-corrected chi connectivity index (χ4v) is 3.59. The van der Waals surface area contributed by atoms with Gasteiger partial charge < -0.3 is 20.3 Å². The zero-order valence-electron chi connectivity index (χ0n) is 17.1. The average Bonchev–Trinajstić information content (AvgIpc) is 2.79. The van der Waals surface area contributed by atoms with Crippen LogP contribution in [0.4, 0.5) is 18.9 Å². The van der Waals surface area contributed by atoms with E-state index in [2.05, 4.69) is 4.98 Å². The highest BCUT2D eigenvalue weighted by molar-refractivity contribution is 5.66. The van der Waals surface area contributed by atoms with Gasteiger partial charge in [-0.2, -0.15) is 18.2 Å². The zero-order valence-corrected chi connectivity index (χ0v) is 17.1. The number of pyridine rings is 1. The monoisotopic (exact) mass is 428 g/mol. The third-order valence-corrected chi connectivity index (χ3v) is 5.35. The van der Waals surface area contributed by atoms with Gasteiger partial charge in [-0.3, -0.25) is 0 Å². The molecule has 0 aliphatic carbocycles. The summed E-state index contributed by atoms with van der Waals surface area (Å²) >= 11 is 0. The number of piperazine rings is 1. The molecule has 1 aliphatic rings. The number of nitrogens with zero attached hydrogens (tertiary/aromatic N) is 3. The molecule has 3 aromatic rings. The van der Waals surface area contributed by atoms with E-state index >= 15 is 4.39 Å². The summed E-state index contributed by atoms with van der Waals surface area (Å²) in [6, 6.07) is 14.6. The number of ether oxygens (including phenoxy) is 1. The molecule has 31 heavy (non-hydrogen) atoms. The van der Waals surface area contributed by atoms with Gasteiger partial charge in [0.15, 0.2) is 0 Å². The molecule has 0 radical (unpaired) electrons. The molecule has 2 heterocycles. The molecule has 0 saturated carbocycles. The zero-order chi connectivity index (χ0) is 22.0. The van der Waals surface area contributed by atoms with Gasteiger partial charge in [-0.25, -0.2) is 0 Å². The summed E-state index contributed by atoms with van der Waals surface area (Å²) in [6.45, 7) is 2.38. The van der Waals surface area contributed by atoms with E-state index in [1.807, 2.05) is 42.3 Å². The topological polar surface area (TPSA) is 54.6 Å². The molecule has 8 heteroatoms. The van der Waals surface area contributed by atoms with Gasteiger partial charge in [-0.1, -0.05) is 30.3 Å². The van der Waals surface area contributed by atoms with Crippen LogP contribution in [0.2, 0.25) is 0 Å². The van der Waals surface area contributed by atoms with E-state index in [1.54, 1.807) is 18.2 Å². The van der Waals surface area contributed by atoms with Crippen molar-refractivity contribution < 1.29 is 17.9 Å². The lowest BCUT2D eigenvalue weighted by Gasteiger charge is -2.34. The maximum absolute atomic E-state index is 15.1. The van der Waals surface area contributed by atoms with E-state index in [-0.39, 0.29) is 5.75 Å². The maximum Gasteiger partial charge on any atom is 0.261 e. The third-order valence-electron chi connectivity index (χ3n) is 5.35. The van der Waals surface area contributed by atoms with Gasteiger partial charge in [-0.15, -0.1) is 0 Å². The van der Waals surface area contributed by atoms with Crippen LogP contribution in [0.5, 0.6) is 11.6 Å². The van der Waals surface area contributed by atoms with Gasteiger partial charge in [0, 0.05) is 32.7 Å². The van der Waals surface area contributed by atoms with Crippen molar-refractivity contribution in [1.29, 1.82) is 0 Å². The van der Waals surface area contributed by atoms with Crippen LogP contribution in [0.3, 0.4) is 0 Å². The Hall–Kier alpha value is -3.10. The molecule has 0 unspecified atom stereocenters. The Morgan fingerprint density at radius 3 is 2.32 bits per heavy atom. The summed E-state index contributed by atoms with van der Waals surface area (Å²) in [5.41, 5.74) is 7.95. The molecule has 0 bridgehead atoms. The van der Waals surface area contributed by atoms with Gasteiger partial charge in [0.05, 0.1) is 0 Å². The Morgan fingerprint density at radius 2 is 1.61 bits per heavy atom. The molecule has 162 valence electrons. The molecule has 0 amide bonds. The highest BCUT2D eigenvalue weighted by Crippen LogP contribution is 2.34. The second-order valence-corrected chi connectivity index (χ2v) is 7.51. The van der Waals surface area contributed by atoms with E-state index in [4.69, 9.17) is 10.5 Å². The van der Waals surface area contributed by atoms with Crippen molar-refractivity contribution in [3.8, 4) is 22.8 Å². The number of benzene rings is 2. The molecule has 1 fully saturated rings. The first kappa shape index (κ1) is 21.1. The molecule has 1 saturated heterocycles. The number of rotatable bonds is 5. The molecule has 4 rings (SSSR count). The lowest BCUT2D eigenvalue weighted by Crippen LogP contribution is -2.45. The van der Waals surface area contributed by atoms with Crippen LogP contribution in [-0.2, 0) is 6.54 Å². The molecule has 0 spiro atoms. The van der Waals surface area contributed by atoms with Crippen molar-refractivity contribution in [2.75, 3.05) is 38.1 Å². The molecular weight excluding hydrogens is 405 g/mol. The molecule has 2 aromatic carbocycles. The van der Waals surface area contributed by atoms with Gasteiger partial charge in [0.2, 0.25) is 11.6 Å². The van der Waals surface area contributed by atoms with E-state index in [0.717, 1.165) is 16.7 Å². The molecule has 5 nitrogen and oxygen atoms in total. The van der Waals surface area contributed by atoms with E-state index in [0.29, 0.717) is 32.7 Å². The quantitative estimate of drug-likeness (QED) is 0.619. The Kier molecular flexibility index (Phi) is 6.11. The van der Waals surface area contributed by atoms with Crippen molar-refractivity contribution >= 4 is 5.69 Å². The van der Waals surface area contributed by atoms with E-state index in [1.165, 1.54) is 4.90 Å². The van der Waals surface area contributed by atoms with Crippen LogP contribution in [0.25, 0.3) is 11.1 Å². The summed E-state index contributed by atoms with van der Waals surface area (Å²) in [4.78, 5) is 6.89. The Balaban J connectivity index is 1.65. The van der Waals surface area contributed by atoms with Crippen molar-refractivity contribution in [2.45, 2.75) is 6.54 Å². The standard InChI is InChI=1S/C23H23F3N4O/c1-29-8-10-30(11-9-29)21-19(24)22(26)28-23(20(21)25)31-18-7-3-6-17(13-18)16-5-2-4-15(12-16)14-27/h2-7,12-13H,8-11,14,27H2,1H3. The number of likely N-dealkylation sites (N-methyl/N-ethyl adjacent to an activating group) is 1. The van der Waals surface area contributed by atoms with E-state index in [9.17, 15) is 8.78 Å². The van der Waals surface area contributed by atoms with Gasteiger partial charge >= 0.3 is 0 Å². The van der Waals surface area contributed by atoms with Crippen LogP contribution in [-0.4, -0.2) is 43.1 Å². The van der Waals surface area contributed by atoms with Crippen LogP contribution < -0.4 is 15.4 Å². The number of aromatic nitrogens is 1. The summed E-state index contributed by atoms with van der Waals surface area (Å²) < 4.78 is 49.3. The molecular formula is C23H23F3N4O. The minimum atomic E-state index is -1.39. The Morgan fingerprint density at radius 1 is 0.935 bits per heavy atom. The molecule has 0 atom stereocenters. The third kappa shape index (κ3) is 4.50. The molecule has 1 aliphatic heterocycles. The van der Waals surface area contributed by atoms with Crippen LogP contribution >= 0.6 is 0 Å². The van der Waals surface area contributed by atoms with Crippen LogP contribution in [0.1, 0.15) is 5.56 Å². The van der Waals surface area contributed by atoms with Gasteiger partial charge in [0.25, 0.3) is 11.8 Å². The fourth-order valence-electron chi connectivity index (χ4n) is 3.59. The van der Waals surface area contributed by atoms with Crippen LogP contribution in [0.15, 0.2) is 48.5 Å².